The van der Waals surface area contributed by atoms with Gasteiger partial charge in [-0.05, 0) is 129 Å². The van der Waals surface area contributed by atoms with Crippen molar-refractivity contribution in [1.29, 1.82) is 0 Å². The van der Waals surface area contributed by atoms with Crippen LogP contribution in [0.4, 0.5) is 0 Å². The van der Waals surface area contributed by atoms with Gasteiger partial charge < -0.3 is 9.84 Å². The van der Waals surface area contributed by atoms with Gasteiger partial charge in [0.2, 0.25) is 0 Å². The molecule has 1 saturated heterocycles. The Labute approximate surface area is 197 Å². The molecule has 6 rings (SSSR count). The zero-order valence-corrected chi connectivity index (χ0v) is 21.7. The number of allylic oxidation sites excluding steroid dienone is 2. The molecule has 1 heterocycles. The van der Waals surface area contributed by atoms with Crippen LogP contribution in [0.15, 0.2) is 11.6 Å². The molecule has 9 atom stereocenters. The lowest BCUT2D eigenvalue weighted by atomic mass is 9.41. The Bertz CT molecular complexity index is 834. The molecule has 180 valence electrons. The maximum Gasteiger partial charge on any atom is 0.0952 e. The Morgan fingerprint density at radius 1 is 0.844 bits per heavy atom. The van der Waals surface area contributed by atoms with Gasteiger partial charge in [-0.15, -0.1) is 0 Å². The standard InChI is InChI=1S/C30H48O2/c1-20(2)8-7-13-30(19-32-30)23-11-14-26(5)22-10-9-21-25(3,4)24(31)12-15-28(21)18-29(22,28)17-16-27(23,26)6/h8,21-24,31H,7,9-19H2,1-6H3/t21-,22+,23+,24+,26+,27-,28-,29+,30-/m1/s1. The number of hydrogen-bond donors (Lipinski definition) is 1. The lowest BCUT2D eigenvalue weighted by molar-refractivity contribution is -0.162. The van der Waals surface area contributed by atoms with Crippen LogP contribution in [0.5, 0.6) is 0 Å². The monoisotopic (exact) mass is 440 g/mol. The van der Waals surface area contributed by atoms with Gasteiger partial charge in [-0.3, -0.25) is 0 Å². The van der Waals surface area contributed by atoms with Crippen LogP contribution < -0.4 is 0 Å². The third-order valence-electron chi connectivity index (χ3n) is 13.4. The van der Waals surface area contributed by atoms with E-state index in [4.69, 9.17) is 4.74 Å². The fourth-order valence-corrected chi connectivity index (χ4v) is 11.4. The molecule has 1 aliphatic heterocycles. The first-order valence-electron chi connectivity index (χ1n) is 13.9. The highest BCUT2D eigenvalue weighted by molar-refractivity contribution is 5.31. The average Bonchev–Trinajstić information content (AvgIpc) is 3.60. The topological polar surface area (TPSA) is 32.8 Å². The molecule has 6 aliphatic rings. The highest BCUT2D eigenvalue weighted by Gasteiger charge is 2.83. The molecule has 0 bridgehead atoms. The molecule has 5 saturated carbocycles. The van der Waals surface area contributed by atoms with E-state index in [0.29, 0.717) is 21.7 Å². The number of epoxide rings is 1. The maximum absolute atomic E-state index is 10.9. The summed E-state index contributed by atoms with van der Waals surface area (Å²) in [5, 5.41) is 10.9. The zero-order valence-electron chi connectivity index (χ0n) is 21.7. The van der Waals surface area contributed by atoms with Crippen LogP contribution in [0.25, 0.3) is 0 Å². The molecule has 1 N–H and O–H groups in total. The van der Waals surface area contributed by atoms with E-state index in [1.807, 2.05) is 0 Å². The summed E-state index contributed by atoms with van der Waals surface area (Å²) in [5.74, 6) is 2.39. The number of ether oxygens (including phenoxy) is 1. The van der Waals surface area contributed by atoms with E-state index in [1.54, 1.807) is 0 Å². The molecular formula is C30H48O2. The highest BCUT2D eigenvalue weighted by Crippen LogP contribution is 2.89. The lowest BCUT2D eigenvalue weighted by Crippen LogP contribution is -2.58. The molecule has 6 fully saturated rings. The minimum absolute atomic E-state index is 0.0969. The first-order valence-corrected chi connectivity index (χ1v) is 13.9. The molecule has 0 unspecified atom stereocenters. The number of aliphatic hydroxyl groups is 1. The Morgan fingerprint density at radius 2 is 1.50 bits per heavy atom. The predicted octanol–water partition coefficient (Wildman–Crippen LogP) is 7.30. The molecule has 2 heteroatoms. The fourth-order valence-electron chi connectivity index (χ4n) is 11.4. The van der Waals surface area contributed by atoms with Crippen LogP contribution in [-0.2, 0) is 4.74 Å². The van der Waals surface area contributed by atoms with Crippen LogP contribution in [-0.4, -0.2) is 23.4 Å². The lowest BCUT2D eigenvalue weighted by Gasteiger charge is -2.63. The molecule has 5 aliphatic carbocycles. The third kappa shape index (κ3) is 2.45. The molecule has 0 radical (unpaired) electrons. The van der Waals surface area contributed by atoms with Crippen molar-refractivity contribution in [1.82, 2.24) is 0 Å². The summed E-state index contributed by atoms with van der Waals surface area (Å²) in [4.78, 5) is 0. The van der Waals surface area contributed by atoms with Gasteiger partial charge in [-0.25, -0.2) is 0 Å². The van der Waals surface area contributed by atoms with Crippen molar-refractivity contribution in [2.24, 2.45) is 44.8 Å². The molecule has 2 spiro atoms. The van der Waals surface area contributed by atoms with E-state index >= 15 is 0 Å². The van der Waals surface area contributed by atoms with E-state index in [9.17, 15) is 5.11 Å². The number of rotatable bonds is 4. The number of fused-ring (bicyclic) bond motifs is 2. The number of hydrogen-bond acceptors (Lipinski definition) is 2. The SMILES string of the molecule is CC(C)=CCC[C@]1([C@H]2CC[C@@]3(C)[C@@H]4CC[C@@H]5C(C)(C)[C@@H](O)CC[C@@]56C[C@@]46CC[C@]23C)CO1. The van der Waals surface area contributed by atoms with Gasteiger partial charge in [0.1, 0.15) is 0 Å². The van der Waals surface area contributed by atoms with E-state index < -0.39 is 0 Å². The Kier molecular flexibility index (Phi) is 4.46. The van der Waals surface area contributed by atoms with Crippen LogP contribution in [0, 0.1) is 44.8 Å². The van der Waals surface area contributed by atoms with Crippen molar-refractivity contribution in [3.8, 4) is 0 Å². The summed E-state index contributed by atoms with van der Waals surface area (Å²) in [6, 6.07) is 0. The van der Waals surface area contributed by atoms with Gasteiger partial charge in [0.15, 0.2) is 0 Å². The van der Waals surface area contributed by atoms with Crippen molar-refractivity contribution in [2.45, 2.75) is 124 Å². The van der Waals surface area contributed by atoms with Crippen molar-refractivity contribution in [2.75, 3.05) is 6.61 Å². The van der Waals surface area contributed by atoms with Crippen molar-refractivity contribution < 1.29 is 9.84 Å². The van der Waals surface area contributed by atoms with Gasteiger partial charge in [0, 0.05) is 0 Å². The summed E-state index contributed by atoms with van der Waals surface area (Å²) in [6.07, 6.45) is 17.0. The zero-order chi connectivity index (χ0) is 22.8. The Balaban J connectivity index is 1.29. The second kappa shape index (κ2) is 6.45. The quantitative estimate of drug-likeness (QED) is 0.367. The Hall–Kier alpha value is -0.340. The molecule has 0 aromatic rings. The second-order valence-corrected chi connectivity index (χ2v) is 14.6. The first-order chi connectivity index (χ1) is 15.0. The predicted molar refractivity (Wildman–Crippen MR) is 130 cm³/mol. The van der Waals surface area contributed by atoms with Crippen molar-refractivity contribution >= 4 is 0 Å². The summed E-state index contributed by atoms with van der Waals surface area (Å²) in [5.41, 5.74) is 3.78. The van der Waals surface area contributed by atoms with Crippen LogP contribution in [0.3, 0.4) is 0 Å². The third-order valence-corrected chi connectivity index (χ3v) is 13.4. The molecule has 0 aromatic heterocycles. The minimum Gasteiger partial charge on any atom is -0.393 e. The number of aliphatic hydroxyl groups excluding tert-OH is 1. The largest absolute Gasteiger partial charge is 0.393 e. The fraction of sp³-hybridized carbons (Fsp3) is 0.933. The van der Waals surface area contributed by atoms with Gasteiger partial charge >= 0.3 is 0 Å². The summed E-state index contributed by atoms with van der Waals surface area (Å²) in [7, 11) is 0. The normalized spacial score (nSPS) is 57.0. The van der Waals surface area contributed by atoms with Gasteiger partial charge in [0.25, 0.3) is 0 Å². The van der Waals surface area contributed by atoms with Crippen molar-refractivity contribution in [3.05, 3.63) is 11.6 Å². The van der Waals surface area contributed by atoms with Gasteiger partial charge in [0.05, 0.1) is 18.3 Å². The average molecular weight is 441 g/mol. The minimum atomic E-state index is -0.0969. The van der Waals surface area contributed by atoms with Crippen LogP contribution >= 0.6 is 0 Å². The first kappa shape index (κ1) is 22.1. The molecule has 0 aromatic carbocycles. The van der Waals surface area contributed by atoms with Gasteiger partial charge in [-0.2, -0.15) is 0 Å². The smallest absolute Gasteiger partial charge is 0.0952 e. The summed E-state index contributed by atoms with van der Waals surface area (Å²) in [6.45, 7) is 15.6. The molecule has 0 amide bonds. The molecular weight excluding hydrogens is 392 g/mol. The summed E-state index contributed by atoms with van der Waals surface area (Å²) >= 11 is 0. The van der Waals surface area contributed by atoms with Crippen LogP contribution in [0.1, 0.15) is 112 Å². The van der Waals surface area contributed by atoms with E-state index in [2.05, 4.69) is 47.6 Å². The Morgan fingerprint density at radius 3 is 2.19 bits per heavy atom. The second-order valence-electron chi connectivity index (χ2n) is 14.6. The van der Waals surface area contributed by atoms with E-state index in [1.165, 1.54) is 69.8 Å². The molecule has 2 nitrogen and oxygen atoms in total. The van der Waals surface area contributed by atoms with Gasteiger partial charge in [-0.1, -0.05) is 39.3 Å². The maximum atomic E-state index is 10.9. The van der Waals surface area contributed by atoms with E-state index in [0.717, 1.165) is 30.8 Å². The highest BCUT2D eigenvalue weighted by atomic mass is 16.6. The molecule has 32 heavy (non-hydrogen) atoms. The summed E-state index contributed by atoms with van der Waals surface area (Å²) < 4.78 is 6.36. The van der Waals surface area contributed by atoms with Crippen LogP contribution in [0.2, 0.25) is 0 Å². The van der Waals surface area contributed by atoms with E-state index in [-0.39, 0.29) is 17.1 Å². The van der Waals surface area contributed by atoms with Crippen molar-refractivity contribution in [3.63, 3.8) is 0 Å².